The van der Waals surface area contributed by atoms with Crippen molar-refractivity contribution in [3.63, 3.8) is 0 Å². The summed E-state index contributed by atoms with van der Waals surface area (Å²) in [5, 5.41) is 2.40. The third-order valence-electron chi connectivity index (χ3n) is 6.04. The molecule has 2 nitrogen and oxygen atoms in total. The molecule has 0 saturated carbocycles. The molecule has 0 radical (unpaired) electrons. The van der Waals surface area contributed by atoms with E-state index in [2.05, 4.69) is 98.1 Å². The highest BCUT2D eigenvalue weighted by molar-refractivity contribution is 7.96. The van der Waals surface area contributed by atoms with Crippen LogP contribution in [0.25, 0.3) is 10.8 Å². The van der Waals surface area contributed by atoms with Crippen LogP contribution in [0.1, 0.15) is 46.0 Å². The largest absolute Gasteiger partial charge is 0.340 e. The van der Waals surface area contributed by atoms with Crippen LogP contribution < -0.4 is 4.90 Å². The van der Waals surface area contributed by atoms with E-state index in [1.807, 2.05) is 6.07 Å². The molecule has 3 aromatic carbocycles. The lowest BCUT2D eigenvalue weighted by Crippen LogP contribution is -2.30. The van der Waals surface area contributed by atoms with Crippen molar-refractivity contribution in [2.75, 3.05) is 11.4 Å². The molecule has 0 N–H and O–H groups in total. The Kier molecular flexibility index (Phi) is 8.39. The maximum atomic E-state index is 12.6. The Bertz CT molecular complexity index is 935. The van der Waals surface area contributed by atoms with E-state index >= 15 is 0 Å². The monoisotopic (exact) mass is 419 g/mol. The van der Waals surface area contributed by atoms with Gasteiger partial charge in [0.15, 0.2) is 5.12 Å². The molecule has 0 aromatic heterocycles. The predicted molar refractivity (Wildman–Crippen MR) is 133 cm³/mol. The van der Waals surface area contributed by atoms with Crippen LogP contribution in [-0.2, 0) is 4.79 Å². The SMILES string of the molecule is CCCCC(CC)CC(CN(c1ccccc1)c1cccc2ccccc12)C(=O)S. The van der Waals surface area contributed by atoms with Gasteiger partial charge in [0.25, 0.3) is 0 Å². The second-order valence-corrected chi connectivity index (χ2v) is 8.57. The highest BCUT2D eigenvalue weighted by Crippen LogP contribution is 2.34. The summed E-state index contributed by atoms with van der Waals surface area (Å²) >= 11 is 4.30. The van der Waals surface area contributed by atoms with Crippen LogP contribution in [0.3, 0.4) is 0 Å². The number of rotatable bonds is 11. The van der Waals surface area contributed by atoms with E-state index in [1.54, 1.807) is 0 Å². The molecule has 3 aromatic rings. The van der Waals surface area contributed by atoms with Gasteiger partial charge in [-0.15, -0.1) is 12.6 Å². The zero-order valence-electron chi connectivity index (χ0n) is 18.1. The average Bonchev–Trinajstić information content (AvgIpc) is 2.79. The normalized spacial score (nSPS) is 13.2. The molecule has 0 amide bonds. The van der Waals surface area contributed by atoms with Crippen LogP contribution in [-0.4, -0.2) is 11.7 Å². The molecule has 0 fully saturated rings. The quantitative estimate of drug-likeness (QED) is 0.322. The van der Waals surface area contributed by atoms with Crippen molar-refractivity contribution in [3.05, 3.63) is 72.8 Å². The number of unbranched alkanes of at least 4 members (excludes halogenated alkanes) is 1. The summed E-state index contributed by atoms with van der Waals surface area (Å²) in [6.07, 6.45) is 5.61. The van der Waals surface area contributed by atoms with Crippen molar-refractivity contribution in [2.24, 2.45) is 11.8 Å². The minimum absolute atomic E-state index is 0.00823. The van der Waals surface area contributed by atoms with Crippen LogP contribution >= 0.6 is 12.6 Å². The van der Waals surface area contributed by atoms with Crippen molar-refractivity contribution in [3.8, 4) is 0 Å². The Hall–Kier alpha value is -2.26. The number of fused-ring (bicyclic) bond motifs is 1. The second kappa shape index (κ2) is 11.2. The van der Waals surface area contributed by atoms with Crippen LogP contribution in [0.15, 0.2) is 72.8 Å². The molecule has 0 aliphatic rings. The topological polar surface area (TPSA) is 20.3 Å². The average molecular weight is 420 g/mol. The van der Waals surface area contributed by atoms with Crippen LogP contribution in [0.2, 0.25) is 0 Å². The molecule has 2 unspecified atom stereocenters. The minimum atomic E-state index is -0.102. The van der Waals surface area contributed by atoms with Crippen molar-refractivity contribution in [1.82, 2.24) is 0 Å². The van der Waals surface area contributed by atoms with Gasteiger partial charge in [-0.3, -0.25) is 4.79 Å². The molecule has 3 heteroatoms. The van der Waals surface area contributed by atoms with E-state index in [0.29, 0.717) is 12.5 Å². The summed E-state index contributed by atoms with van der Waals surface area (Å²) in [5.41, 5.74) is 2.25. The standard InChI is InChI=1S/C27H33NOS/c1-3-5-12-21(4-2)19-23(27(29)30)20-28(24-15-7-6-8-16-24)26-18-11-14-22-13-9-10-17-25(22)26/h6-11,13-18,21,23H,3-5,12,19-20H2,1-2H3,(H,29,30). The van der Waals surface area contributed by atoms with Crippen molar-refractivity contribution < 1.29 is 4.79 Å². The van der Waals surface area contributed by atoms with Gasteiger partial charge in [0.05, 0.1) is 0 Å². The van der Waals surface area contributed by atoms with E-state index in [-0.39, 0.29) is 11.0 Å². The first-order valence-electron chi connectivity index (χ1n) is 11.2. The van der Waals surface area contributed by atoms with Gasteiger partial charge in [-0.05, 0) is 35.9 Å². The summed E-state index contributed by atoms with van der Waals surface area (Å²) in [4.78, 5) is 14.9. The van der Waals surface area contributed by atoms with Crippen molar-refractivity contribution in [1.29, 1.82) is 0 Å². The zero-order valence-corrected chi connectivity index (χ0v) is 19.0. The fourth-order valence-electron chi connectivity index (χ4n) is 4.25. The molecule has 0 spiro atoms. The van der Waals surface area contributed by atoms with E-state index in [1.165, 1.54) is 30.0 Å². The molecular formula is C27H33NOS. The number of para-hydroxylation sites is 1. The Balaban J connectivity index is 1.97. The van der Waals surface area contributed by atoms with Gasteiger partial charge in [-0.1, -0.05) is 94.1 Å². The molecule has 0 aliphatic heterocycles. The molecule has 3 rings (SSSR count). The lowest BCUT2D eigenvalue weighted by molar-refractivity contribution is -0.114. The second-order valence-electron chi connectivity index (χ2n) is 8.13. The van der Waals surface area contributed by atoms with Gasteiger partial charge < -0.3 is 4.90 Å². The number of carbonyl (C=O) groups is 1. The molecule has 2 atom stereocenters. The Morgan fingerprint density at radius 2 is 1.63 bits per heavy atom. The first-order valence-corrected chi connectivity index (χ1v) is 11.6. The first kappa shape index (κ1) is 22.4. The van der Waals surface area contributed by atoms with Crippen molar-refractivity contribution >= 4 is 39.9 Å². The summed E-state index contributed by atoms with van der Waals surface area (Å²) in [6.45, 7) is 5.11. The minimum Gasteiger partial charge on any atom is -0.340 e. The number of benzene rings is 3. The van der Waals surface area contributed by atoms with Crippen LogP contribution in [0.5, 0.6) is 0 Å². The Labute approximate surface area is 186 Å². The molecule has 30 heavy (non-hydrogen) atoms. The van der Waals surface area contributed by atoms with Crippen LogP contribution in [0, 0.1) is 11.8 Å². The number of hydrogen-bond donors (Lipinski definition) is 1. The molecule has 158 valence electrons. The number of hydrogen-bond acceptors (Lipinski definition) is 2. The predicted octanol–water partition coefficient (Wildman–Crippen LogP) is 7.66. The molecule has 0 aliphatic carbocycles. The lowest BCUT2D eigenvalue weighted by atomic mass is 9.88. The lowest BCUT2D eigenvalue weighted by Gasteiger charge is -2.31. The van der Waals surface area contributed by atoms with Crippen molar-refractivity contribution in [2.45, 2.75) is 46.0 Å². The van der Waals surface area contributed by atoms with Gasteiger partial charge >= 0.3 is 0 Å². The Morgan fingerprint density at radius 1 is 0.933 bits per heavy atom. The summed E-state index contributed by atoms with van der Waals surface area (Å²) in [7, 11) is 0. The number of carbonyl (C=O) groups excluding carboxylic acids is 1. The van der Waals surface area contributed by atoms with Gasteiger partial charge in [0, 0.05) is 29.2 Å². The number of nitrogens with zero attached hydrogens (tertiary/aromatic N) is 1. The van der Waals surface area contributed by atoms with E-state index in [9.17, 15) is 4.79 Å². The fourth-order valence-corrected chi connectivity index (χ4v) is 4.44. The van der Waals surface area contributed by atoms with E-state index < -0.39 is 0 Å². The maximum absolute atomic E-state index is 12.6. The molecule has 0 heterocycles. The number of thiol groups is 1. The summed E-state index contributed by atoms with van der Waals surface area (Å²) < 4.78 is 0. The van der Waals surface area contributed by atoms with Crippen LogP contribution in [0.4, 0.5) is 11.4 Å². The summed E-state index contributed by atoms with van der Waals surface area (Å²) in [5.74, 6) is 0.463. The highest BCUT2D eigenvalue weighted by atomic mass is 32.1. The highest BCUT2D eigenvalue weighted by Gasteiger charge is 2.24. The number of anilines is 2. The van der Waals surface area contributed by atoms with Gasteiger partial charge in [0.1, 0.15) is 0 Å². The third-order valence-corrected chi connectivity index (χ3v) is 6.40. The smallest absolute Gasteiger partial charge is 0.190 e. The first-order chi connectivity index (χ1) is 14.6. The zero-order chi connectivity index (χ0) is 21.3. The summed E-state index contributed by atoms with van der Waals surface area (Å²) in [6, 6.07) is 25.2. The maximum Gasteiger partial charge on any atom is 0.190 e. The Morgan fingerprint density at radius 3 is 2.33 bits per heavy atom. The van der Waals surface area contributed by atoms with Gasteiger partial charge in [-0.25, -0.2) is 0 Å². The third kappa shape index (κ3) is 5.66. The molecule has 0 saturated heterocycles. The van der Waals surface area contributed by atoms with E-state index in [0.717, 1.165) is 24.2 Å². The molecular weight excluding hydrogens is 386 g/mol. The van der Waals surface area contributed by atoms with Gasteiger partial charge in [0.2, 0.25) is 0 Å². The van der Waals surface area contributed by atoms with E-state index in [4.69, 9.17) is 0 Å². The van der Waals surface area contributed by atoms with Gasteiger partial charge in [-0.2, -0.15) is 0 Å². The molecule has 0 bridgehead atoms. The fraction of sp³-hybridized carbons (Fsp3) is 0.370.